The number of Topliss-reactive ketones (excluding diaryl/α,β-unsaturated/α-hetero) is 1. The second-order valence-corrected chi connectivity index (χ2v) is 8.14. The van der Waals surface area contributed by atoms with E-state index in [0.717, 1.165) is 12.8 Å². The van der Waals surface area contributed by atoms with Gasteiger partial charge in [0.15, 0.2) is 5.78 Å². The smallest absolute Gasteiger partial charge is 0.246 e. The van der Waals surface area contributed by atoms with Crippen LogP contribution in [0.1, 0.15) is 124 Å². The lowest BCUT2D eigenvalue weighted by atomic mass is 10.0. The Balaban J connectivity index is 3.34. The predicted octanol–water partition coefficient (Wildman–Crippen LogP) is 6.90. The summed E-state index contributed by atoms with van der Waals surface area (Å²) in [5, 5.41) is 2.69. The molecule has 0 saturated carbocycles. The standard InChI is InChI=1S/C24H45NO2/c1-5-6-7-8-9-10-11-12-13-14-15-16-17-18-19-20-23(26)22(4)25-24(27)21(2)3/h22H,2,5-20H2,1,3-4H3,(H,25,27). The van der Waals surface area contributed by atoms with E-state index in [-0.39, 0.29) is 11.7 Å². The number of carbonyl (C=O) groups is 2. The molecule has 0 fully saturated rings. The first kappa shape index (κ1) is 25.9. The molecule has 0 aliphatic heterocycles. The maximum atomic E-state index is 12.0. The van der Waals surface area contributed by atoms with Gasteiger partial charge in [-0.3, -0.25) is 9.59 Å². The molecule has 1 N–H and O–H groups in total. The molecule has 0 heterocycles. The number of carbonyl (C=O) groups excluding carboxylic acids is 2. The predicted molar refractivity (Wildman–Crippen MR) is 117 cm³/mol. The Kier molecular flexibility index (Phi) is 17.5. The van der Waals surface area contributed by atoms with Crippen molar-refractivity contribution in [3.05, 3.63) is 12.2 Å². The molecule has 0 aliphatic carbocycles. The Bertz CT molecular complexity index is 403. The van der Waals surface area contributed by atoms with Crippen LogP contribution in [0.4, 0.5) is 0 Å². The van der Waals surface area contributed by atoms with Crippen molar-refractivity contribution in [2.24, 2.45) is 0 Å². The molecule has 158 valence electrons. The van der Waals surface area contributed by atoms with Crippen LogP contribution in [-0.4, -0.2) is 17.7 Å². The summed E-state index contributed by atoms with van der Waals surface area (Å²) in [6.45, 7) is 9.27. The number of hydrogen-bond donors (Lipinski definition) is 1. The van der Waals surface area contributed by atoms with Gasteiger partial charge in [0.25, 0.3) is 0 Å². The van der Waals surface area contributed by atoms with Crippen molar-refractivity contribution in [2.45, 2.75) is 130 Å². The molecule has 1 amide bonds. The van der Waals surface area contributed by atoms with Gasteiger partial charge in [-0.1, -0.05) is 103 Å². The lowest BCUT2D eigenvalue weighted by Crippen LogP contribution is -2.38. The number of rotatable bonds is 19. The van der Waals surface area contributed by atoms with Crippen LogP contribution in [0.3, 0.4) is 0 Å². The van der Waals surface area contributed by atoms with Crippen LogP contribution >= 0.6 is 0 Å². The van der Waals surface area contributed by atoms with E-state index in [1.54, 1.807) is 13.8 Å². The second kappa shape index (κ2) is 18.3. The molecule has 0 saturated heterocycles. The molecule has 0 aliphatic rings. The Hall–Kier alpha value is -1.12. The summed E-state index contributed by atoms with van der Waals surface area (Å²) in [6, 6.07) is -0.402. The zero-order valence-electron chi connectivity index (χ0n) is 18.4. The Morgan fingerprint density at radius 3 is 1.48 bits per heavy atom. The first-order valence-electron chi connectivity index (χ1n) is 11.5. The van der Waals surface area contributed by atoms with Crippen molar-refractivity contribution in [1.29, 1.82) is 0 Å². The van der Waals surface area contributed by atoms with E-state index in [9.17, 15) is 9.59 Å². The third kappa shape index (κ3) is 16.8. The number of amides is 1. The lowest BCUT2D eigenvalue weighted by Gasteiger charge is -2.12. The van der Waals surface area contributed by atoms with Gasteiger partial charge in [0.1, 0.15) is 0 Å². The molecule has 27 heavy (non-hydrogen) atoms. The fourth-order valence-electron chi connectivity index (χ4n) is 3.29. The number of unbranched alkanes of at least 4 members (excludes halogenated alkanes) is 14. The van der Waals surface area contributed by atoms with Gasteiger partial charge in [0.05, 0.1) is 6.04 Å². The summed E-state index contributed by atoms with van der Waals surface area (Å²) >= 11 is 0. The fourth-order valence-corrected chi connectivity index (χ4v) is 3.29. The van der Waals surface area contributed by atoms with Crippen molar-refractivity contribution in [3.8, 4) is 0 Å². The van der Waals surface area contributed by atoms with Crippen molar-refractivity contribution in [3.63, 3.8) is 0 Å². The van der Waals surface area contributed by atoms with E-state index in [0.29, 0.717) is 12.0 Å². The minimum Gasteiger partial charge on any atom is -0.343 e. The third-order valence-electron chi connectivity index (χ3n) is 5.24. The summed E-state index contributed by atoms with van der Waals surface area (Å²) in [7, 11) is 0. The lowest BCUT2D eigenvalue weighted by molar-refractivity contribution is -0.125. The summed E-state index contributed by atoms with van der Waals surface area (Å²) < 4.78 is 0. The largest absolute Gasteiger partial charge is 0.343 e. The fraction of sp³-hybridized carbons (Fsp3) is 0.833. The summed E-state index contributed by atoms with van der Waals surface area (Å²) in [4.78, 5) is 23.5. The molecule has 1 atom stereocenters. The highest BCUT2D eigenvalue weighted by atomic mass is 16.2. The SMILES string of the molecule is C=C(C)C(=O)NC(C)C(=O)CCCCCCCCCCCCCCCCC. The zero-order valence-corrected chi connectivity index (χ0v) is 18.4. The van der Waals surface area contributed by atoms with Crippen LogP contribution in [-0.2, 0) is 9.59 Å². The maximum absolute atomic E-state index is 12.0. The van der Waals surface area contributed by atoms with Gasteiger partial charge in [0.2, 0.25) is 5.91 Å². The highest BCUT2D eigenvalue weighted by molar-refractivity contribution is 5.96. The van der Waals surface area contributed by atoms with E-state index in [1.165, 1.54) is 83.5 Å². The Labute approximate surface area is 168 Å². The number of nitrogens with one attached hydrogen (secondary N) is 1. The van der Waals surface area contributed by atoms with Crippen LogP contribution in [0.5, 0.6) is 0 Å². The van der Waals surface area contributed by atoms with Crippen molar-refractivity contribution >= 4 is 11.7 Å². The van der Waals surface area contributed by atoms with Crippen molar-refractivity contribution in [2.75, 3.05) is 0 Å². The quantitative estimate of drug-likeness (QED) is 0.196. The second-order valence-electron chi connectivity index (χ2n) is 8.14. The van der Waals surface area contributed by atoms with Gasteiger partial charge in [0, 0.05) is 12.0 Å². The van der Waals surface area contributed by atoms with Crippen LogP contribution in [0.2, 0.25) is 0 Å². The average molecular weight is 380 g/mol. The monoisotopic (exact) mass is 379 g/mol. The summed E-state index contributed by atoms with van der Waals surface area (Å²) in [5.41, 5.74) is 0.446. The highest BCUT2D eigenvalue weighted by Gasteiger charge is 2.15. The number of hydrogen-bond acceptors (Lipinski definition) is 2. The van der Waals surface area contributed by atoms with E-state index in [4.69, 9.17) is 0 Å². The normalized spacial score (nSPS) is 12.0. The van der Waals surface area contributed by atoms with E-state index < -0.39 is 6.04 Å². The minimum atomic E-state index is -0.402. The zero-order chi connectivity index (χ0) is 20.3. The molecular weight excluding hydrogens is 334 g/mol. The van der Waals surface area contributed by atoms with Gasteiger partial charge >= 0.3 is 0 Å². The van der Waals surface area contributed by atoms with Crippen LogP contribution in [0.15, 0.2) is 12.2 Å². The molecule has 0 aromatic carbocycles. The van der Waals surface area contributed by atoms with Crippen LogP contribution < -0.4 is 5.32 Å². The Morgan fingerprint density at radius 2 is 1.11 bits per heavy atom. The minimum absolute atomic E-state index is 0.124. The molecule has 0 radical (unpaired) electrons. The highest BCUT2D eigenvalue weighted by Crippen LogP contribution is 2.14. The Morgan fingerprint density at radius 1 is 0.741 bits per heavy atom. The first-order valence-corrected chi connectivity index (χ1v) is 11.5. The molecule has 1 unspecified atom stereocenters. The number of ketones is 1. The third-order valence-corrected chi connectivity index (χ3v) is 5.24. The van der Waals surface area contributed by atoms with E-state index in [1.807, 2.05) is 0 Å². The van der Waals surface area contributed by atoms with Gasteiger partial charge in [-0.15, -0.1) is 0 Å². The van der Waals surface area contributed by atoms with Gasteiger partial charge in [-0.05, 0) is 20.3 Å². The van der Waals surface area contributed by atoms with Gasteiger partial charge in [-0.2, -0.15) is 0 Å². The summed E-state index contributed by atoms with van der Waals surface area (Å²) in [5.74, 6) is -0.105. The van der Waals surface area contributed by atoms with Crippen LogP contribution in [0, 0.1) is 0 Å². The summed E-state index contributed by atoms with van der Waals surface area (Å²) in [6.07, 6.45) is 20.4. The molecule has 0 bridgehead atoms. The average Bonchev–Trinajstić information content (AvgIpc) is 2.64. The first-order chi connectivity index (χ1) is 13.0. The van der Waals surface area contributed by atoms with Crippen LogP contribution in [0.25, 0.3) is 0 Å². The molecule has 0 aromatic heterocycles. The topological polar surface area (TPSA) is 46.2 Å². The maximum Gasteiger partial charge on any atom is 0.246 e. The molecule has 0 aromatic rings. The van der Waals surface area contributed by atoms with E-state index in [2.05, 4.69) is 18.8 Å². The molecule has 3 nitrogen and oxygen atoms in total. The molecule has 0 spiro atoms. The van der Waals surface area contributed by atoms with Crippen molar-refractivity contribution in [1.82, 2.24) is 5.32 Å². The molecule has 3 heteroatoms. The molecular formula is C24H45NO2. The van der Waals surface area contributed by atoms with Gasteiger partial charge < -0.3 is 5.32 Å². The van der Waals surface area contributed by atoms with E-state index >= 15 is 0 Å². The molecule has 0 rings (SSSR count). The van der Waals surface area contributed by atoms with Gasteiger partial charge in [-0.25, -0.2) is 0 Å². The van der Waals surface area contributed by atoms with Crippen molar-refractivity contribution < 1.29 is 9.59 Å².